The molecule has 1 nitrogen and oxygen atoms in total. The molecule has 1 rings (SSSR count). The fraction of sp³-hybridized carbons (Fsp3) is 0.375. The Kier molecular flexibility index (Phi) is 2.22. The summed E-state index contributed by atoms with van der Waals surface area (Å²) in [4.78, 5) is 3.00. The van der Waals surface area contributed by atoms with Crippen molar-refractivity contribution in [2.24, 2.45) is 0 Å². The Morgan fingerprint density at radius 3 is 2.50 bits per heavy atom. The van der Waals surface area contributed by atoms with E-state index in [2.05, 4.69) is 24.9 Å². The molecule has 0 amide bonds. The maximum Gasteiger partial charge on any atom is 0.103 e. The van der Waals surface area contributed by atoms with Gasteiger partial charge in [-0.25, -0.2) is 0 Å². The summed E-state index contributed by atoms with van der Waals surface area (Å²) < 4.78 is 0.796. The van der Waals surface area contributed by atoms with Gasteiger partial charge < -0.3 is 4.98 Å². The van der Waals surface area contributed by atoms with Gasteiger partial charge in [0.1, 0.15) is 4.64 Å². The first-order valence-electron chi connectivity index (χ1n) is 3.39. The van der Waals surface area contributed by atoms with Crippen molar-refractivity contribution in [2.45, 2.75) is 19.8 Å². The minimum absolute atomic E-state index is 0.576. The highest BCUT2D eigenvalue weighted by molar-refractivity contribution is 7.71. The predicted octanol–water partition coefficient (Wildman–Crippen LogP) is 2.87. The van der Waals surface area contributed by atoms with E-state index in [0.29, 0.717) is 5.92 Å². The Balaban J connectivity index is 3.00. The monoisotopic (exact) mass is 153 g/mol. The van der Waals surface area contributed by atoms with Crippen molar-refractivity contribution in [1.82, 2.24) is 4.98 Å². The highest BCUT2D eigenvalue weighted by atomic mass is 32.1. The summed E-state index contributed by atoms with van der Waals surface area (Å²) in [5, 5.41) is 0. The van der Waals surface area contributed by atoms with Gasteiger partial charge in [-0.15, -0.1) is 0 Å². The van der Waals surface area contributed by atoms with Crippen LogP contribution < -0.4 is 0 Å². The second-order valence-electron chi connectivity index (χ2n) is 2.64. The van der Waals surface area contributed by atoms with E-state index in [0.717, 1.165) is 4.64 Å². The van der Waals surface area contributed by atoms with E-state index in [1.807, 2.05) is 12.3 Å². The summed E-state index contributed by atoms with van der Waals surface area (Å²) in [7, 11) is 0. The van der Waals surface area contributed by atoms with Gasteiger partial charge in [0, 0.05) is 6.20 Å². The van der Waals surface area contributed by atoms with Gasteiger partial charge in [0.25, 0.3) is 0 Å². The van der Waals surface area contributed by atoms with Gasteiger partial charge in [-0.2, -0.15) is 0 Å². The third kappa shape index (κ3) is 1.67. The number of H-pyrrole nitrogens is 1. The average Bonchev–Trinajstić information content (AvgIpc) is 1.88. The highest BCUT2D eigenvalue weighted by Crippen LogP contribution is 2.10. The zero-order chi connectivity index (χ0) is 7.56. The number of rotatable bonds is 1. The average molecular weight is 153 g/mol. The fourth-order valence-corrected chi connectivity index (χ4v) is 0.909. The molecule has 1 aromatic rings. The molecule has 0 spiro atoms. The largest absolute Gasteiger partial charge is 0.353 e. The smallest absolute Gasteiger partial charge is 0.103 e. The molecule has 0 aliphatic heterocycles. The lowest BCUT2D eigenvalue weighted by atomic mass is 10.1. The maximum atomic E-state index is 4.90. The predicted molar refractivity (Wildman–Crippen MR) is 45.7 cm³/mol. The molecule has 0 saturated heterocycles. The molecule has 0 fully saturated rings. The van der Waals surface area contributed by atoms with Crippen molar-refractivity contribution in [2.75, 3.05) is 0 Å². The Morgan fingerprint density at radius 1 is 1.40 bits per heavy atom. The van der Waals surface area contributed by atoms with Crippen LogP contribution in [-0.2, 0) is 0 Å². The first kappa shape index (κ1) is 7.48. The van der Waals surface area contributed by atoms with Gasteiger partial charge in [-0.1, -0.05) is 32.1 Å². The molecule has 1 aromatic heterocycles. The molecule has 0 unspecified atom stereocenters. The van der Waals surface area contributed by atoms with Gasteiger partial charge in [0.2, 0.25) is 0 Å². The Hall–Kier alpha value is -0.630. The molecule has 0 aliphatic rings. The first-order chi connectivity index (χ1) is 4.70. The van der Waals surface area contributed by atoms with Crippen LogP contribution in [0.2, 0.25) is 0 Å². The van der Waals surface area contributed by atoms with Crippen LogP contribution in [0.4, 0.5) is 0 Å². The molecule has 2 heteroatoms. The first-order valence-corrected chi connectivity index (χ1v) is 3.79. The zero-order valence-electron chi connectivity index (χ0n) is 6.22. The van der Waals surface area contributed by atoms with Crippen LogP contribution >= 0.6 is 12.2 Å². The standard InChI is InChI=1S/C8H11NS/c1-6(2)7-3-4-8(10)9-5-7/h3-6H,1-2H3,(H,9,10). The normalized spacial score (nSPS) is 10.3. The van der Waals surface area contributed by atoms with Gasteiger partial charge >= 0.3 is 0 Å². The summed E-state index contributed by atoms with van der Waals surface area (Å²) in [6, 6.07) is 3.98. The van der Waals surface area contributed by atoms with Crippen LogP contribution in [0.1, 0.15) is 25.3 Å². The molecule has 0 aliphatic carbocycles. The molecule has 0 radical (unpaired) electrons. The highest BCUT2D eigenvalue weighted by Gasteiger charge is 1.94. The number of aromatic amines is 1. The van der Waals surface area contributed by atoms with E-state index in [9.17, 15) is 0 Å². The summed E-state index contributed by atoms with van der Waals surface area (Å²) in [5.74, 6) is 0.576. The molecular weight excluding hydrogens is 142 g/mol. The zero-order valence-corrected chi connectivity index (χ0v) is 7.03. The van der Waals surface area contributed by atoms with Gasteiger partial charge in [0.15, 0.2) is 0 Å². The van der Waals surface area contributed by atoms with E-state index < -0.39 is 0 Å². The molecule has 0 atom stereocenters. The van der Waals surface area contributed by atoms with Crippen molar-refractivity contribution < 1.29 is 0 Å². The van der Waals surface area contributed by atoms with E-state index in [-0.39, 0.29) is 0 Å². The summed E-state index contributed by atoms with van der Waals surface area (Å²) in [6.45, 7) is 4.32. The van der Waals surface area contributed by atoms with Gasteiger partial charge in [0.05, 0.1) is 0 Å². The number of aromatic nitrogens is 1. The number of pyridine rings is 1. The van der Waals surface area contributed by atoms with Crippen molar-refractivity contribution in [3.63, 3.8) is 0 Å². The lowest BCUT2D eigenvalue weighted by Crippen LogP contribution is -1.86. The van der Waals surface area contributed by atoms with Crippen molar-refractivity contribution in [3.8, 4) is 0 Å². The van der Waals surface area contributed by atoms with E-state index >= 15 is 0 Å². The van der Waals surface area contributed by atoms with E-state index in [4.69, 9.17) is 12.2 Å². The van der Waals surface area contributed by atoms with Crippen molar-refractivity contribution in [3.05, 3.63) is 28.5 Å². The number of nitrogens with one attached hydrogen (secondary N) is 1. The summed E-state index contributed by atoms with van der Waals surface area (Å²) in [5.41, 5.74) is 1.30. The molecule has 0 bridgehead atoms. The third-order valence-electron chi connectivity index (χ3n) is 1.47. The quantitative estimate of drug-likeness (QED) is 0.613. The Morgan fingerprint density at radius 2 is 2.10 bits per heavy atom. The lowest BCUT2D eigenvalue weighted by Gasteiger charge is -2.02. The molecule has 1 heterocycles. The Bertz CT molecular complexity index is 242. The van der Waals surface area contributed by atoms with Crippen LogP contribution in [0, 0.1) is 4.64 Å². The topological polar surface area (TPSA) is 15.8 Å². The van der Waals surface area contributed by atoms with Crippen LogP contribution in [-0.4, -0.2) is 4.98 Å². The van der Waals surface area contributed by atoms with Crippen molar-refractivity contribution >= 4 is 12.2 Å². The van der Waals surface area contributed by atoms with Gasteiger partial charge in [-0.3, -0.25) is 0 Å². The second-order valence-corrected chi connectivity index (χ2v) is 3.08. The lowest BCUT2D eigenvalue weighted by molar-refractivity contribution is 0.857. The fourth-order valence-electron chi connectivity index (χ4n) is 0.782. The van der Waals surface area contributed by atoms with Crippen LogP contribution in [0.25, 0.3) is 0 Å². The number of hydrogen-bond acceptors (Lipinski definition) is 1. The van der Waals surface area contributed by atoms with Crippen LogP contribution in [0.5, 0.6) is 0 Å². The Labute approximate surface area is 66.1 Å². The van der Waals surface area contributed by atoms with Crippen LogP contribution in [0.3, 0.4) is 0 Å². The van der Waals surface area contributed by atoms with Crippen LogP contribution in [0.15, 0.2) is 18.3 Å². The molecule has 10 heavy (non-hydrogen) atoms. The van der Waals surface area contributed by atoms with E-state index in [1.54, 1.807) is 0 Å². The van der Waals surface area contributed by atoms with Gasteiger partial charge in [-0.05, 0) is 17.5 Å². The van der Waals surface area contributed by atoms with Crippen molar-refractivity contribution in [1.29, 1.82) is 0 Å². The molecule has 0 aromatic carbocycles. The molecule has 0 saturated carbocycles. The third-order valence-corrected chi connectivity index (χ3v) is 1.73. The maximum absolute atomic E-state index is 4.90. The summed E-state index contributed by atoms with van der Waals surface area (Å²) in [6.07, 6.45) is 1.97. The van der Waals surface area contributed by atoms with E-state index in [1.165, 1.54) is 5.56 Å². The molecular formula is C8H11NS. The minimum Gasteiger partial charge on any atom is -0.353 e. The molecule has 1 N–H and O–H groups in total. The second kappa shape index (κ2) is 2.97. The minimum atomic E-state index is 0.576. The SMILES string of the molecule is CC(C)c1ccc(=S)[nH]c1. The summed E-state index contributed by atoms with van der Waals surface area (Å²) >= 11 is 4.90. The molecule has 54 valence electrons. The number of hydrogen-bond donors (Lipinski definition) is 1.